The van der Waals surface area contributed by atoms with Gasteiger partial charge in [-0.1, -0.05) is 63.9 Å². The van der Waals surface area contributed by atoms with Crippen LogP contribution in [0.2, 0.25) is 5.02 Å². The van der Waals surface area contributed by atoms with Crippen LogP contribution >= 0.6 is 27.5 Å². The van der Waals surface area contributed by atoms with Gasteiger partial charge in [0.15, 0.2) is 5.82 Å². The topological polar surface area (TPSA) is 59.8 Å². The fourth-order valence-corrected chi connectivity index (χ4v) is 3.71. The zero-order valence-corrected chi connectivity index (χ0v) is 19.6. The zero-order valence-electron chi connectivity index (χ0n) is 17.3. The van der Waals surface area contributed by atoms with Crippen molar-refractivity contribution in [2.24, 2.45) is 0 Å². The molecule has 0 aliphatic rings. The van der Waals surface area contributed by atoms with E-state index in [2.05, 4.69) is 31.3 Å². The minimum absolute atomic E-state index is 0.0808. The number of carbonyl (C=O) groups is 1. The van der Waals surface area contributed by atoms with E-state index < -0.39 is 0 Å². The van der Waals surface area contributed by atoms with Crippen LogP contribution in [-0.2, 0) is 0 Å². The quantitative estimate of drug-likeness (QED) is 0.350. The summed E-state index contributed by atoms with van der Waals surface area (Å²) in [6.45, 7) is 5.85. The highest BCUT2D eigenvalue weighted by molar-refractivity contribution is 9.10. The molecular formula is C24H20BrClN4O. The maximum Gasteiger partial charge on any atom is 0.295 e. The minimum atomic E-state index is -0.368. The molecule has 4 aromatic rings. The van der Waals surface area contributed by atoms with Crippen molar-refractivity contribution in [1.29, 1.82) is 0 Å². The average molecular weight is 496 g/mol. The molecule has 156 valence electrons. The van der Waals surface area contributed by atoms with Crippen molar-refractivity contribution < 1.29 is 4.79 Å². The molecule has 0 aliphatic heterocycles. The molecule has 0 saturated carbocycles. The monoisotopic (exact) mass is 494 g/mol. The van der Waals surface area contributed by atoms with Gasteiger partial charge in [-0.3, -0.25) is 4.79 Å². The first-order chi connectivity index (χ1) is 14.8. The summed E-state index contributed by atoms with van der Waals surface area (Å²) in [6.07, 6.45) is 0. The zero-order chi connectivity index (χ0) is 22.1. The Morgan fingerprint density at radius 1 is 0.968 bits per heavy atom. The first kappa shape index (κ1) is 21.3. The third kappa shape index (κ3) is 4.40. The number of rotatable bonds is 4. The van der Waals surface area contributed by atoms with Crippen LogP contribution in [0.5, 0.6) is 0 Å². The number of nitrogens with one attached hydrogen (secondary N) is 1. The van der Waals surface area contributed by atoms with E-state index in [9.17, 15) is 4.79 Å². The predicted molar refractivity (Wildman–Crippen MR) is 128 cm³/mol. The van der Waals surface area contributed by atoms with Crippen LogP contribution < -0.4 is 5.32 Å². The van der Waals surface area contributed by atoms with E-state index >= 15 is 0 Å². The number of benzene rings is 3. The van der Waals surface area contributed by atoms with Crippen molar-refractivity contribution in [3.8, 4) is 17.1 Å². The third-order valence-corrected chi connectivity index (χ3v) is 5.97. The summed E-state index contributed by atoms with van der Waals surface area (Å²) in [6, 6.07) is 19.2. The molecule has 0 bridgehead atoms. The number of aromatic nitrogens is 3. The highest BCUT2D eigenvalue weighted by atomic mass is 79.9. The Balaban J connectivity index is 1.80. The van der Waals surface area contributed by atoms with E-state index in [1.807, 2.05) is 81.4 Å². The SMILES string of the molecule is Cc1ccc(-n2nc(C(=O)Nc3c(C)cccc3C)nc2-c2ccc(Br)cc2)cc1Cl. The lowest BCUT2D eigenvalue weighted by atomic mass is 10.1. The lowest BCUT2D eigenvalue weighted by molar-refractivity contribution is 0.101. The molecule has 5 nitrogen and oxygen atoms in total. The Kier molecular flexibility index (Phi) is 5.94. The Hall–Kier alpha value is -2.96. The van der Waals surface area contributed by atoms with Gasteiger partial charge in [0, 0.05) is 20.7 Å². The van der Waals surface area contributed by atoms with Crippen molar-refractivity contribution in [3.05, 3.63) is 92.7 Å². The lowest BCUT2D eigenvalue weighted by Crippen LogP contribution is -2.16. The van der Waals surface area contributed by atoms with Gasteiger partial charge in [-0.2, -0.15) is 0 Å². The van der Waals surface area contributed by atoms with Gasteiger partial charge in [0.2, 0.25) is 5.82 Å². The molecule has 1 N–H and O–H groups in total. The summed E-state index contributed by atoms with van der Waals surface area (Å²) in [5, 5.41) is 8.11. The number of halogens is 2. The van der Waals surface area contributed by atoms with Crippen molar-refractivity contribution in [1.82, 2.24) is 14.8 Å². The molecule has 31 heavy (non-hydrogen) atoms. The van der Waals surface area contributed by atoms with Crippen molar-refractivity contribution in [2.45, 2.75) is 20.8 Å². The smallest absolute Gasteiger partial charge is 0.295 e. The minimum Gasteiger partial charge on any atom is -0.319 e. The van der Waals surface area contributed by atoms with Gasteiger partial charge in [0.25, 0.3) is 5.91 Å². The normalized spacial score (nSPS) is 10.9. The van der Waals surface area contributed by atoms with Gasteiger partial charge >= 0.3 is 0 Å². The van der Waals surface area contributed by atoms with E-state index in [1.54, 1.807) is 4.68 Å². The Bertz CT molecular complexity index is 1260. The highest BCUT2D eigenvalue weighted by Gasteiger charge is 2.20. The molecular weight excluding hydrogens is 476 g/mol. The van der Waals surface area contributed by atoms with Crippen LogP contribution in [-0.4, -0.2) is 20.7 Å². The number of hydrogen-bond acceptors (Lipinski definition) is 3. The van der Waals surface area contributed by atoms with Crippen LogP contribution in [0, 0.1) is 20.8 Å². The maximum absolute atomic E-state index is 13.0. The van der Waals surface area contributed by atoms with Crippen LogP contribution in [0.25, 0.3) is 17.1 Å². The summed E-state index contributed by atoms with van der Waals surface area (Å²) in [4.78, 5) is 17.6. The van der Waals surface area contributed by atoms with Crippen LogP contribution in [0.3, 0.4) is 0 Å². The number of hydrogen-bond donors (Lipinski definition) is 1. The van der Waals surface area contributed by atoms with E-state index in [0.29, 0.717) is 10.8 Å². The molecule has 4 rings (SSSR count). The van der Waals surface area contributed by atoms with Gasteiger partial charge in [-0.25, -0.2) is 9.67 Å². The molecule has 1 amide bonds. The van der Waals surface area contributed by atoms with Crippen molar-refractivity contribution >= 4 is 39.1 Å². The van der Waals surface area contributed by atoms with Gasteiger partial charge in [-0.05, 0) is 61.7 Å². The first-order valence-corrected chi connectivity index (χ1v) is 10.9. The van der Waals surface area contributed by atoms with Crippen molar-refractivity contribution in [2.75, 3.05) is 5.32 Å². The number of aryl methyl sites for hydroxylation is 3. The van der Waals surface area contributed by atoms with Crippen molar-refractivity contribution in [3.63, 3.8) is 0 Å². The molecule has 0 spiro atoms. The molecule has 1 aromatic heterocycles. The number of amides is 1. The number of anilines is 1. The van der Waals surface area contributed by atoms with Gasteiger partial charge < -0.3 is 5.32 Å². The maximum atomic E-state index is 13.0. The fraction of sp³-hybridized carbons (Fsp3) is 0.125. The van der Waals surface area contributed by atoms with Gasteiger partial charge in [-0.15, -0.1) is 5.10 Å². The molecule has 3 aromatic carbocycles. The number of carbonyl (C=O) groups excluding carboxylic acids is 1. The Morgan fingerprint density at radius 2 is 1.65 bits per heavy atom. The van der Waals surface area contributed by atoms with E-state index in [4.69, 9.17) is 11.6 Å². The second-order valence-corrected chi connectivity index (χ2v) is 8.66. The number of para-hydroxylation sites is 1. The molecule has 0 unspecified atom stereocenters. The van der Waals surface area contributed by atoms with E-state index in [0.717, 1.165) is 38.1 Å². The predicted octanol–water partition coefficient (Wildman–Crippen LogP) is 6.53. The summed E-state index contributed by atoms with van der Waals surface area (Å²) >= 11 is 9.80. The summed E-state index contributed by atoms with van der Waals surface area (Å²) in [7, 11) is 0. The standard InChI is InChI=1S/C24H20BrClN4O/c1-14-7-12-19(13-20(14)26)30-23(17-8-10-18(25)11-9-17)28-22(29-30)24(31)27-21-15(2)5-4-6-16(21)3/h4-13H,1-3H3,(H,27,31). The summed E-state index contributed by atoms with van der Waals surface area (Å²) in [5.74, 6) is 0.268. The van der Waals surface area contributed by atoms with Crippen LogP contribution in [0.4, 0.5) is 5.69 Å². The lowest BCUT2D eigenvalue weighted by Gasteiger charge is -2.09. The second-order valence-electron chi connectivity index (χ2n) is 7.33. The molecule has 1 heterocycles. The Labute approximate surface area is 194 Å². The molecule has 0 atom stereocenters. The molecule has 0 radical (unpaired) electrons. The first-order valence-electron chi connectivity index (χ1n) is 9.70. The highest BCUT2D eigenvalue weighted by Crippen LogP contribution is 2.26. The van der Waals surface area contributed by atoms with Gasteiger partial charge in [0.1, 0.15) is 0 Å². The van der Waals surface area contributed by atoms with E-state index in [1.165, 1.54) is 0 Å². The summed E-state index contributed by atoms with van der Waals surface area (Å²) < 4.78 is 2.60. The second kappa shape index (κ2) is 8.65. The van der Waals surface area contributed by atoms with Crippen LogP contribution in [0.15, 0.2) is 65.1 Å². The number of nitrogens with zero attached hydrogens (tertiary/aromatic N) is 3. The molecule has 0 fully saturated rings. The molecule has 7 heteroatoms. The van der Waals surface area contributed by atoms with E-state index in [-0.39, 0.29) is 11.7 Å². The third-order valence-electron chi connectivity index (χ3n) is 5.03. The average Bonchev–Trinajstić information content (AvgIpc) is 3.19. The Morgan fingerprint density at radius 3 is 2.29 bits per heavy atom. The van der Waals surface area contributed by atoms with Gasteiger partial charge in [0.05, 0.1) is 5.69 Å². The largest absolute Gasteiger partial charge is 0.319 e. The fourth-order valence-electron chi connectivity index (χ4n) is 3.27. The molecule has 0 aliphatic carbocycles. The molecule has 0 saturated heterocycles. The van der Waals surface area contributed by atoms with Crippen LogP contribution in [0.1, 0.15) is 27.3 Å². The summed E-state index contributed by atoms with van der Waals surface area (Å²) in [5.41, 5.74) is 5.25.